The third-order valence-corrected chi connectivity index (χ3v) is 3.63. The summed E-state index contributed by atoms with van der Waals surface area (Å²) in [5, 5.41) is 9.06. The Labute approximate surface area is 122 Å². The van der Waals surface area contributed by atoms with Crippen LogP contribution in [0, 0.1) is 0 Å². The van der Waals surface area contributed by atoms with Gasteiger partial charge in [0, 0.05) is 19.7 Å². The number of hydrazone groups is 1. The molecule has 0 aromatic heterocycles. The Kier molecular flexibility index (Phi) is 4.43. The molecule has 106 valence electrons. The molecule has 2 aromatic rings. The molecule has 0 unspecified atom stereocenters. The molecule has 0 aliphatic carbocycles. The maximum absolute atomic E-state index is 4.58. The molecule has 0 radical (unpaired) electrons. The molecule has 0 heterocycles. The van der Waals surface area contributed by atoms with Crippen LogP contribution in [0.25, 0.3) is 10.8 Å². The van der Waals surface area contributed by atoms with E-state index >= 15 is 0 Å². The second-order valence-electron chi connectivity index (χ2n) is 5.44. The van der Waals surface area contributed by atoms with E-state index in [1.165, 1.54) is 27.5 Å². The normalized spacial score (nSPS) is 11.9. The summed E-state index contributed by atoms with van der Waals surface area (Å²) in [6.45, 7) is 6.48. The summed E-state index contributed by atoms with van der Waals surface area (Å²) in [6, 6.07) is 11.3. The Morgan fingerprint density at radius 1 is 1.00 bits per heavy atom. The highest BCUT2D eigenvalue weighted by molar-refractivity contribution is 6.10. The standard InChI is InChI=1S/C18H24N2/c1-6-14-8-9-16-10-15(7-2)12-17(18(16)11-14)13(3)19-20(4)5/h8-12H,6-7H2,1-5H3/b19-13+. The molecule has 0 N–H and O–H groups in total. The first-order valence-corrected chi connectivity index (χ1v) is 7.33. The van der Waals surface area contributed by atoms with E-state index in [0.29, 0.717) is 0 Å². The first-order valence-electron chi connectivity index (χ1n) is 7.33. The van der Waals surface area contributed by atoms with E-state index in [1.807, 2.05) is 19.1 Å². The van der Waals surface area contributed by atoms with E-state index in [0.717, 1.165) is 18.6 Å². The van der Waals surface area contributed by atoms with Crippen molar-refractivity contribution in [1.29, 1.82) is 0 Å². The zero-order valence-corrected chi connectivity index (χ0v) is 13.2. The highest BCUT2D eigenvalue weighted by atomic mass is 15.4. The molecule has 0 amide bonds. The molecule has 0 aliphatic heterocycles. The van der Waals surface area contributed by atoms with Gasteiger partial charge in [-0.15, -0.1) is 0 Å². The minimum atomic E-state index is 1.05. The number of aryl methyl sites for hydroxylation is 2. The average molecular weight is 268 g/mol. The Balaban J connectivity index is 2.71. The summed E-state index contributed by atoms with van der Waals surface area (Å²) in [7, 11) is 3.93. The Bertz CT molecular complexity index is 639. The lowest BCUT2D eigenvalue weighted by molar-refractivity contribution is 0.438. The minimum absolute atomic E-state index is 1.05. The second kappa shape index (κ2) is 6.08. The molecule has 0 atom stereocenters. The quantitative estimate of drug-likeness (QED) is 0.598. The van der Waals surface area contributed by atoms with Gasteiger partial charge in [-0.25, -0.2) is 0 Å². The van der Waals surface area contributed by atoms with Gasteiger partial charge in [-0.2, -0.15) is 5.10 Å². The summed E-state index contributed by atoms with van der Waals surface area (Å²) in [6.07, 6.45) is 2.11. The number of nitrogens with zero attached hydrogens (tertiary/aromatic N) is 2. The molecule has 0 fully saturated rings. The van der Waals surface area contributed by atoms with Crippen molar-refractivity contribution in [3.05, 3.63) is 47.0 Å². The van der Waals surface area contributed by atoms with Crippen LogP contribution in [0.5, 0.6) is 0 Å². The lowest BCUT2D eigenvalue weighted by Crippen LogP contribution is -2.08. The van der Waals surface area contributed by atoms with Crippen molar-refractivity contribution >= 4 is 16.5 Å². The number of benzene rings is 2. The van der Waals surface area contributed by atoms with Crippen molar-refractivity contribution in [3.8, 4) is 0 Å². The van der Waals surface area contributed by atoms with Gasteiger partial charge in [0.25, 0.3) is 0 Å². The van der Waals surface area contributed by atoms with E-state index < -0.39 is 0 Å². The van der Waals surface area contributed by atoms with Gasteiger partial charge in [-0.05, 0) is 47.7 Å². The van der Waals surface area contributed by atoms with Crippen LogP contribution in [0.4, 0.5) is 0 Å². The average Bonchev–Trinajstić information content (AvgIpc) is 2.44. The smallest absolute Gasteiger partial charge is 0.0652 e. The summed E-state index contributed by atoms with van der Waals surface area (Å²) < 4.78 is 0. The lowest BCUT2D eigenvalue weighted by Gasteiger charge is -2.13. The third-order valence-electron chi connectivity index (χ3n) is 3.63. The minimum Gasteiger partial charge on any atom is -0.303 e. The fourth-order valence-corrected chi connectivity index (χ4v) is 2.54. The van der Waals surface area contributed by atoms with Gasteiger partial charge in [0.2, 0.25) is 0 Å². The van der Waals surface area contributed by atoms with Crippen LogP contribution in [-0.2, 0) is 12.8 Å². The van der Waals surface area contributed by atoms with Crippen molar-refractivity contribution in [2.45, 2.75) is 33.6 Å². The Hall–Kier alpha value is -1.83. The molecule has 2 heteroatoms. The van der Waals surface area contributed by atoms with Crippen molar-refractivity contribution in [1.82, 2.24) is 5.01 Å². The van der Waals surface area contributed by atoms with Gasteiger partial charge in [-0.3, -0.25) is 0 Å². The zero-order chi connectivity index (χ0) is 14.7. The molecule has 0 saturated carbocycles. The molecule has 2 rings (SSSR count). The maximum Gasteiger partial charge on any atom is 0.0652 e. The predicted molar refractivity (Wildman–Crippen MR) is 88.6 cm³/mol. The summed E-state index contributed by atoms with van der Waals surface area (Å²) >= 11 is 0. The van der Waals surface area contributed by atoms with Crippen molar-refractivity contribution in [2.75, 3.05) is 14.1 Å². The molecule has 0 spiro atoms. The molecule has 0 aliphatic rings. The largest absolute Gasteiger partial charge is 0.303 e. The molecule has 2 nitrogen and oxygen atoms in total. The topological polar surface area (TPSA) is 15.6 Å². The molecular weight excluding hydrogens is 244 g/mol. The Morgan fingerprint density at radius 3 is 2.30 bits per heavy atom. The molecular formula is C18H24N2. The highest BCUT2D eigenvalue weighted by Crippen LogP contribution is 2.24. The van der Waals surface area contributed by atoms with Gasteiger partial charge in [0.1, 0.15) is 0 Å². The second-order valence-corrected chi connectivity index (χ2v) is 5.44. The lowest BCUT2D eigenvalue weighted by atomic mass is 9.95. The number of hydrogen-bond acceptors (Lipinski definition) is 2. The van der Waals surface area contributed by atoms with Gasteiger partial charge >= 0.3 is 0 Å². The summed E-state index contributed by atoms with van der Waals surface area (Å²) in [5.41, 5.74) is 5.07. The van der Waals surface area contributed by atoms with Crippen molar-refractivity contribution in [2.24, 2.45) is 5.10 Å². The number of hydrogen-bond donors (Lipinski definition) is 0. The monoisotopic (exact) mass is 268 g/mol. The fraction of sp³-hybridized carbons (Fsp3) is 0.389. The first-order chi connectivity index (χ1) is 9.55. The Morgan fingerprint density at radius 2 is 1.70 bits per heavy atom. The third kappa shape index (κ3) is 3.01. The van der Waals surface area contributed by atoms with Crippen LogP contribution >= 0.6 is 0 Å². The van der Waals surface area contributed by atoms with E-state index in [-0.39, 0.29) is 0 Å². The molecule has 0 saturated heterocycles. The summed E-state index contributed by atoms with van der Waals surface area (Å²) in [4.78, 5) is 0. The van der Waals surface area contributed by atoms with Gasteiger partial charge < -0.3 is 5.01 Å². The van der Waals surface area contributed by atoms with Crippen LogP contribution in [0.1, 0.15) is 37.5 Å². The highest BCUT2D eigenvalue weighted by Gasteiger charge is 2.08. The van der Waals surface area contributed by atoms with Crippen molar-refractivity contribution < 1.29 is 0 Å². The van der Waals surface area contributed by atoms with Crippen LogP contribution in [0.15, 0.2) is 35.4 Å². The van der Waals surface area contributed by atoms with Gasteiger partial charge in [0.05, 0.1) is 5.71 Å². The SMILES string of the molecule is CCc1cc(/C(C)=N/N(C)C)c2cc(CC)ccc2c1. The zero-order valence-electron chi connectivity index (χ0n) is 13.2. The molecule has 0 bridgehead atoms. The van der Waals surface area contributed by atoms with Crippen LogP contribution in [0.3, 0.4) is 0 Å². The molecule has 2 aromatic carbocycles. The van der Waals surface area contributed by atoms with E-state index in [9.17, 15) is 0 Å². The maximum atomic E-state index is 4.58. The number of fused-ring (bicyclic) bond motifs is 1. The van der Waals surface area contributed by atoms with Crippen LogP contribution in [-0.4, -0.2) is 24.8 Å². The fourth-order valence-electron chi connectivity index (χ4n) is 2.54. The van der Waals surface area contributed by atoms with E-state index in [1.54, 1.807) is 0 Å². The van der Waals surface area contributed by atoms with E-state index in [4.69, 9.17) is 0 Å². The predicted octanol–water partition coefficient (Wildman–Crippen LogP) is 4.25. The van der Waals surface area contributed by atoms with E-state index in [2.05, 4.69) is 56.2 Å². The first kappa shape index (κ1) is 14.6. The van der Waals surface area contributed by atoms with Crippen LogP contribution < -0.4 is 0 Å². The van der Waals surface area contributed by atoms with Gasteiger partial charge in [-0.1, -0.05) is 38.1 Å². The number of rotatable bonds is 4. The van der Waals surface area contributed by atoms with Crippen LogP contribution in [0.2, 0.25) is 0 Å². The molecule has 20 heavy (non-hydrogen) atoms. The van der Waals surface area contributed by atoms with Gasteiger partial charge in [0.15, 0.2) is 0 Å². The summed E-state index contributed by atoms with van der Waals surface area (Å²) in [5.74, 6) is 0. The van der Waals surface area contributed by atoms with Crippen molar-refractivity contribution in [3.63, 3.8) is 0 Å².